The van der Waals surface area contributed by atoms with E-state index in [0.29, 0.717) is 19.7 Å². The number of rotatable bonds is 4. The molecule has 1 aliphatic rings. The first-order chi connectivity index (χ1) is 11.8. The summed E-state index contributed by atoms with van der Waals surface area (Å²) in [5.41, 5.74) is -0.234. The molecule has 2 heterocycles. The van der Waals surface area contributed by atoms with Crippen molar-refractivity contribution in [3.8, 4) is 5.75 Å². The number of nitro benzene ring substituents is 1. The van der Waals surface area contributed by atoms with Gasteiger partial charge in [-0.1, -0.05) is 0 Å². The van der Waals surface area contributed by atoms with Gasteiger partial charge < -0.3 is 14.4 Å². The SMILES string of the molecule is COc1cc(F)c([N+](=O)[O-])c(N2CCOC(C)(c3cnn(C)c3)C2)c1. The molecule has 0 saturated carbocycles. The van der Waals surface area contributed by atoms with Gasteiger partial charge in [0.15, 0.2) is 0 Å². The molecule has 8 nitrogen and oxygen atoms in total. The zero-order chi connectivity index (χ0) is 18.2. The van der Waals surface area contributed by atoms with Gasteiger partial charge in [-0.2, -0.15) is 9.49 Å². The topological polar surface area (TPSA) is 82.7 Å². The van der Waals surface area contributed by atoms with Gasteiger partial charge in [0.25, 0.3) is 0 Å². The molecule has 0 radical (unpaired) electrons. The second-order valence-electron chi connectivity index (χ2n) is 6.14. The highest BCUT2D eigenvalue weighted by molar-refractivity contribution is 5.67. The Balaban J connectivity index is 2.01. The molecule has 0 N–H and O–H groups in total. The summed E-state index contributed by atoms with van der Waals surface area (Å²) in [5, 5.41) is 15.5. The predicted molar refractivity (Wildman–Crippen MR) is 88.3 cm³/mol. The van der Waals surface area contributed by atoms with Crippen molar-refractivity contribution < 1.29 is 18.8 Å². The average molecular weight is 350 g/mol. The Morgan fingerprint density at radius 2 is 2.24 bits per heavy atom. The number of methoxy groups -OCH3 is 1. The monoisotopic (exact) mass is 350 g/mol. The van der Waals surface area contributed by atoms with Crippen molar-refractivity contribution in [2.45, 2.75) is 12.5 Å². The summed E-state index contributed by atoms with van der Waals surface area (Å²) < 4.78 is 26.9. The predicted octanol–water partition coefficient (Wildman–Crippen LogP) is 2.23. The third-order valence-electron chi connectivity index (χ3n) is 4.37. The maximum atomic E-state index is 14.2. The number of ether oxygens (including phenoxy) is 2. The summed E-state index contributed by atoms with van der Waals surface area (Å²) >= 11 is 0. The van der Waals surface area contributed by atoms with Crippen LogP contribution >= 0.6 is 0 Å². The summed E-state index contributed by atoms with van der Waals surface area (Å²) in [6, 6.07) is 2.50. The molecule has 1 aromatic heterocycles. The van der Waals surface area contributed by atoms with Crippen molar-refractivity contribution in [3.05, 3.63) is 46.0 Å². The molecule has 0 spiro atoms. The highest BCUT2D eigenvalue weighted by Gasteiger charge is 2.38. The number of nitro groups is 1. The van der Waals surface area contributed by atoms with Gasteiger partial charge in [-0.15, -0.1) is 0 Å². The maximum absolute atomic E-state index is 14.2. The highest BCUT2D eigenvalue weighted by Crippen LogP contribution is 2.39. The second kappa shape index (κ2) is 6.32. The van der Waals surface area contributed by atoms with Crippen LogP contribution in [0.4, 0.5) is 15.8 Å². The van der Waals surface area contributed by atoms with Crippen LogP contribution in [0.3, 0.4) is 0 Å². The largest absolute Gasteiger partial charge is 0.497 e. The van der Waals surface area contributed by atoms with Crippen LogP contribution in [0, 0.1) is 15.9 Å². The van der Waals surface area contributed by atoms with Crippen LogP contribution < -0.4 is 9.64 Å². The van der Waals surface area contributed by atoms with E-state index in [-0.39, 0.29) is 11.4 Å². The molecule has 3 rings (SSSR count). The minimum absolute atomic E-state index is 0.181. The highest BCUT2D eigenvalue weighted by atomic mass is 19.1. The van der Waals surface area contributed by atoms with Gasteiger partial charge in [0.1, 0.15) is 17.0 Å². The molecule has 25 heavy (non-hydrogen) atoms. The lowest BCUT2D eigenvalue weighted by atomic mass is 9.96. The molecule has 0 amide bonds. The fourth-order valence-electron chi connectivity index (χ4n) is 3.04. The smallest absolute Gasteiger partial charge is 0.328 e. The van der Waals surface area contributed by atoms with Crippen LogP contribution in [0.1, 0.15) is 12.5 Å². The average Bonchev–Trinajstić information content (AvgIpc) is 3.01. The molecule has 9 heteroatoms. The van der Waals surface area contributed by atoms with E-state index in [1.165, 1.54) is 13.2 Å². The lowest BCUT2D eigenvalue weighted by Gasteiger charge is -2.41. The molecular weight excluding hydrogens is 331 g/mol. The van der Waals surface area contributed by atoms with E-state index in [1.807, 2.05) is 13.1 Å². The van der Waals surface area contributed by atoms with E-state index in [2.05, 4.69) is 5.10 Å². The van der Waals surface area contributed by atoms with Crippen LogP contribution in [-0.2, 0) is 17.4 Å². The van der Waals surface area contributed by atoms with Gasteiger partial charge in [-0.3, -0.25) is 14.8 Å². The van der Waals surface area contributed by atoms with Crippen LogP contribution in [0.2, 0.25) is 0 Å². The van der Waals surface area contributed by atoms with Crippen LogP contribution in [0.25, 0.3) is 0 Å². The van der Waals surface area contributed by atoms with Crippen LogP contribution in [0.15, 0.2) is 24.5 Å². The standard InChI is InChI=1S/C16H19FN4O4/c1-16(11-8-18-19(2)9-11)10-20(4-5-25-16)14-7-12(24-3)6-13(17)15(14)21(22)23/h6-9H,4-5,10H2,1-3H3. The normalized spacial score (nSPS) is 20.6. The first kappa shape index (κ1) is 17.2. The third kappa shape index (κ3) is 3.14. The summed E-state index contributed by atoms with van der Waals surface area (Å²) in [7, 11) is 3.19. The Bertz CT molecular complexity index is 809. The van der Waals surface area contributed by atoms with E-state index >= 15 is 0 Å². The number of benzene rings is 1. The fraction of sp³-hybridized carbons (Fsp3) is 0.438. The molecule has 134 valence electrons. The molecule has 1 saturated heterocycles. The van der Waals surface area contributed by atoms with Crippen molar-refractivity contribution in [1.82, 2.24) is 9.78 Å². The Morgan fingerprint density at radius 1 is 1.48 bits per heavy atom. The lowest BCUT2D eigenvalue weighted by Crippen LogP contribution is -2.48. The molecule has 1 fully saturated rings. The van der Waals surface area contributed by atoms with Gasteiger partial charge in [0.2, 0.25) is 5.82 Å². The van der Waals surface area contributed by atoms with E-state index < -0.39 is 22.0 Å². The molecular formula is C16H19FN4O4. The molecule has 1 unspecified atom stereocenters. The number of halogens is 1. The number of anilines is 1. The first-order valence-electron chi connectivity index (χ1n) is 7.74. The van der Waals surface area contributed by atoms with E-state index in [9.17, 15) is 14.5 Å². The number of aryl methyl sites for hydroxylation is 1. The number of hydrogen-bond donors (Lipinski definition) is 0. The van der Waals surface area contributed by atoms with Gasteiger partial charge in [0, 0.05) is 37.5 Å². The quantitative estimate of drug-likeness (QED) is 0.621. The number of aromatic nitrogens is 2. The molecule has 0 aliphatic carbocycles. The van der Waals surface area contributed by atoms with E-state index in [1.54, 1.807) is 22.8 Å². The Kier molecular flexibility index (Phi) is 4.34. The Morgan fingerprint density at radius 3 is 2.84 bits per heavy atom. The first-order valence-corrected chi connectivity index (χ1v) is 7.74. The molecule has 1 aromatic carbocycles. The van der Waals surface area contributed by atoms with Crippen molar-refractivity contribution in [3.63, 3.8) is 0 Å². The van der Waals surface area contributed by atoms with Gasteiger partial charge in [-0.05, 0) is 6.92 Å². The Hall–Kier alpha value is -2.68. The third-order valence-corrected chi connectivity index (χ3v) is 4.37. The maximum Gasteiger partial charge on any atom is 0.328 e. The minimum atomic E-state index is -0.922. The lowest BCUT2D eigenvalue weighted by molar-refractivity contribution is -0.386. The molecule has 1 atom stereocenters. The zero-order valence-corrected chi connectivity index (χ0v) is 14.2. The number of hydrogen-bond acceptors (Lipinski definition) is 6. The van der Waals surface area contributed by atoms with Crippen molar-refractivity contribution in [2.75, 3.05) is 31.7 Å². The number of morpholine rings is 1. The summed E-state index contributed by atoms with van der Waals surface area (Å²) in [4.78, 5) is 12.4. The molecule has 0 bridgehead atoms. The minimum Gasteiger partial charge on any atom is -0.497 e. The summed E-state index contributed by atoms with van der Waals surface area (Å²) in [5.74, 6) is -0.693. The van der Waals surface area contributed by atoms with Gasteiger partial charge >= 0.3 is 5.69 Å². The Labute approximate surface area is 143 Å². The molecule has 2 aromatic rings. The van der Waals surface area contributed by atoms with Gasteiger partial charge in [0.05, 0.1) is 31.4 Å². The summed E-state index contributed by atoms with van der Waals surface area (Å²) in [6.07, 6.45) is 3.54. The second-order valence-corrected chi connectivity index (χ2v) is 6.14. The van der Waals surface area contributed by atoms with Crippen LogP contribution in [0.5, 0.6) is 5.75 Å². The fourth-order valence-corrected chi connectivity index (χ4v) is 3.04. The molecule has 1 aliphatic heterocycles. The van der Waals surface area contributed by atoms with Crippen molar-refractivity contribution in [2.24, 2.45) is 7.05 Å². The van der Waals surface area contributed by atoms with Crippen molar-refractivity contribution >= 4 is 11.4 Å². The zero-order valence-electron chi connectivity index (χ0n) is 14.2. The van der Waals surface area contributed by atoms with Gasteiger partial charge in [-0.25, -0.2) is 0 Å². The van der Waals surface area contributed by atoms with Crippen LogP contribution in [-0.4, -0.2) is 41.5 Å². The number of nitrogens with zero attached hydrogens (tertiary/aromatic N) is 4. The van der Waals surface area contributed by atoms with E-state index in [0.717, 1.165) is 11.6 Å². The summed E-state index contributed by atoms with van der Waals surface area (Å²) in [6.45, 7) is 2.97. The van der Waals surface area contributed by atoms with E-state index in [4.69, 9.17) is 9.47 Å². The van der Waals surface area contributed by atoms with Crippen molar-refractivity contribution in [1.29, 1.82) is 0 Å².